The lowest BCUT2D eigenvalue weighted by Gasteiger charge is -2.09. The molecule has 1 heterocycles. The van der Waals surface area contributed by atoms with Crippen molar-refractivity contribution in [3.63, 3.8) is 0 Å². The van der Waals surface area contributed by atoms with Gasteiger partial charge in [-0.2, -0.15) is 0 Å². The smallest absolute Gasteiger partial charge is 0.143 e. The van der Waals surface area contributed by atoms with Crippen LogP contribution in [0.25, 0.3) is 10.9 Å². The maximum absolute atomic E-state index is 13.4. The zero-order valence-electron chi connectivity index (χ0n) is 10.6. The van der Waals surface area contributed by atoms with Crippen molar-refractivity contribution >= 4 is 28.2 Å². The molecule has 0 aliphatic heterocycles. The number of halogens is 2. The van der Waals surface area contributed by atoms with Crippen molar-refractivity contribution in [2.24, 2.45) is 0 Å². The number of aromatic nitrogens is 1. The van der Waals surface area contributed by atoms with Crippen LogP contribution in [0.15, 0.2) is 54.7 Å². The van der Waals surface area contributed by atoms with Gasteiger partial charge in [-0.05, 0) is 29.8 Å². The van der Waals surface area contributed by atoms with E-state index in [-0.39, 0.29) is 5.02 Å². The lowest BCUT2D eigenvalue weighted by Crippen LogP contribution is -2.01. The minimum absolute atomic E-state index is 0.127. The first-order valence-corrected chi connectivity index (χ1v) is 6.63. The summed E-state index contributed by atoms with van der Waals surface area (Å²) in [7, 11) is 0. The van der Waals surface area contributed by atoms with Crippen molar-refractivity contribution in [1.29, 1.82) is 0 Å². The van der Waals surface area contributed by atoms with Crippen molar-refractivity contribution in [3.8, 4) is 0 Å². The average molecular weight is 287 g/mol. The molecule has 0 atom stereocenters. The SMILES string of the molecule is Fc1cc(NCc2cccc3cccnc23)ccc1Cl. The minimum atomic E-state index is -0.423. The van der Waals surface area contributed by atoms with Gasteiger partial charge in [-0.15, -0.1) is 0 Å². The fraction of sp³-hybridized carbons (Fsp3) is 0.0625. The Balaban J connectivity index is 1.85. The van der Waals surface area contributed by atoms with Crippen molar-refractivity contribution < 1.29 is 4.39 Å². The molecule has 3 aromatic rings. The second-order valence-corrected chi connectivity index (χ2v) is 4.88. The normalized spacial score (nSPS) is 10.7. The van der Waals surface area contributed by atoms with E-state index in [1.807, 2.05) is 30.3 Å². The van der Waals surface area contributed by atoms with Gasteiger partial charge in [0.25, 0.3) is 0 Å². The third kappa shape index (κ3) is 2.58. The molecule has 20 heavy (non-hydrogen) atoms. The highest BCUT2D eigenvalue weighted by molar-refractivity contribution is 6.30. The van der Waals surface area contributed by atoms with Gasteiger partial charge in [0.05, 0.1) is 10.5 Å². The van der Waals surface area contributed by atoms with Gasteiger partial charge in [0, 0.05) is 23.8 Å². The number of benzene rings is 2. The van der Waals surface area contributed by atoms with Crippen LogP contribution < -0.4 is 5.32 Å². The molecule has 0 fully saturated rings. The standard InChI is InChI=1S/C16H12ClFN2/c17-14-7-6-13(9-15(14)18)20-10-12-4-1-3-11-5-2-8-19-16(11)12/h1-9,20H,10H2. The molecular weight excluding hydrogens is 275 g/mol. The number of fused-ring (bicyclic) bond motifs is 1. The molecule has 0 unspecified atom stereocenters. The first-order valence-electron chi connectivity index (χ1n) is 6.25. The van der Waals surface area contributed by atoms with Gasteiger partial charge in [-0.25, -0.2) is 4.39 Å². The van der Waals surface area contributed by atoms with Crippen LogP contribution in [-0.2, 0) is 6.54 Å². The number of hydrogen-bond donors (Lipinski definition) is 1. The predicted octanol–water partition coefficient (Wildman–Crippen LogP) is 4.64. The molecule has 0 aliphatic rings. The fourth-order valence-electron chi connectivity index (χ4n) is 2.11. The molecule has 3 rings (SSSR count). The number of hydrogen-bond acceptors (Lipinski definition) is 2. The number of pyridine rings is 1. The van der Waals surface area contributed by atoms with Crippen LogP contribution in [0, 0.1) is 5.82 Å². The Kier molecular flexibility index (Phi) is 3.52. The second kappa shape index (κ2) is 5.47. The maximum Gasteiger partial charge on any atom is 0.143 e. The summed E-state index contributed by atoms with van der Waals surface area (Å²) < 4.78 is 13.4. The summed E-state index contributed by atoms with van der Waals surface area (Å²) in [6.45, 7) is 0.579. The Morgan fingerprint density at radius 3 is 2.80 bits per heavy atom. The van der Waals surface area contributed by atoms with Crippen LogP contribution in [0.4, 0.5) is 10.1 Å². The van der Waals surface area contributed by atoms with Crippen LogP contribution in [0.3, 0.4) is 0 Å². The fourth-order valence-corrected chi connectivity index (χ4v) is 2.23. The van der Waals surface area contributed by atoms with E-state index in [0.29, 0.717) is 12.2 Å². The number of nitrogens with one attached hydrogen (secondary N) is 1. The molecule has 2 aromatic carbocycles. The molecular formula is C16H12ClFN2. The first kappa shape index (κ1) is 12.9. The largest absolute Gasteiger partial charge is 0.381 e. The van der Waals surface area contributed by atoms with Gasteiger partial charge >= 0.3 is 0 Å². The summed E-state index contributed by atoms with van der Waals surface area (Å²) in [5.74, 6) is -0.423. The van der Waals surface area contributed by atoms with E-state index in [2.05, 4.69) is 10.3 Å². The molecule has 4 heteroatoms. The quantitative estimate of drug-likeness (QED) is 0.759. The summed E-state index contributed by atoms with van der Waals surface area (Å²) in [5.41, 5.74) is 2.72. The van der Waals surface area contributed by atoms with Crippen molar-refractivity contribution in [2.75, 3.05) is 5.32 Å². The van der Waals surface area contributed by atoms with E-state index < -0.39 is 5.82 Å². The van der Waals surface area contributed by atoms with E-state index in [0.717, 1.165) is 16.5 Å². The highest BCUT2D eigenvalue weighted by Crippen LogP contribution is 2.21. The summed E-state index contributed by atoms with van der Waals surface area (Å²) >= 11 is 5.66. The van der Waals surface area contributed by atoms with Gasteiger partial charge < -0.3 is 5.32 Å². The Morgan fingerprint density at radius 1 is 1.10 bits per heavy atom. The Hall–Kier alpha value is -2.13. The highest BCUT2D eigenvalue weighted by Gasteiger charge is 2.03. The van der Waals surface area contributed by atoms with Crippen LogP contribution in [0.2, 0.25) is 5.02 Å². The Labute approximate surface area is 121 Å². The van der Waals surface area contributed by atoms with E-state index in [1.165, 1.54) is 6.07 Å². The predicted molar refractivity (Wildman–Crippen MR) is 80.5 cm³/mol. The van der Waals surface area contributed by atoms with Crippen LogP contribution in [0.5, 0.6) is 0 Å². The molecule has 0 saturated heterocycles. The molecule has 0 bridgehead atoms. The van der Waals surface area contributed by atoms with E-state index in [4.69, 9.17) is 11.6 Å². The number of anilines is 1. The van der Waals surface area contributed by atoms with Gasteiger partial charge in [0.15, 0.2) is 0 Å². The van der Waals surface area contributed by atoms with Crippen molar-refractivity contribution in [2.45, 2.75) is 6.54 Å². The van der Waals surface area contributed by atoms with Gasteiger partial charge in [0.1, 0.15) is 5.82 Å². The van der Waals surface area contributed by atoms with E-state index in [1.54, 1.807) is 18.3 Å². The average Bonchev–Trinajstić information content (AvgIpc) is 2.48. The van der Waals surface area contributed by atoms with Crippen molar-refractivity contribution in [3.05, 3.63) is 71.1 Å². The third-order valence-corrected chi connectivity index (χ3v) is 3.43. The maximum atomic E-state index is 13.4. The minimum Gasteiger partial charge on any atom is -0.381 e. The molecule has 0 saturated carbocycles. The highest BCUT2D eigenvalue weighted by atomic mass is 35.5. The topological polar surface area (TPSA) is 24.9 Å². The Bertz CT molecular complexity index is 753. The summed E-state index contributed by atoms with van der Waals surface area (Å²) in [6, 6.07) is 14.6. The van der Waals surface area contributed by atoms with E-state index >= 15 is 0 Å². The molecule has 1 aromatic heterocycles. The zero-order chi connectivity index (χ0) is 13.9. The molecule has 1 N–H and O–H groups in total. The lowest BCUT2D eigenvalue weighted by molar-refractivity contribution is 0.628. The third-order valence-electron chi connectivity index (χ3n) is 3.12. The molecule has 2 nitrogen and oxygen atoms in total. The summed E-state index contributed by atoms with van der Waals surface area (Å²) in [6.07, 6.45) is 1.77. The van der Waals surface area contributed by atoms with Crippen LogP contribution in [-0.4, -0.2) is 4.98 Å². The number of para-hydroxylation sites is 1. The Morgan fingerprint density at radius 2 is 1.95 bits per heavy atom. The zero-order valence-corrected chi connectivity index (χ0v) is 11.4. The second-order valence-electron chi connectivity index (χ2n) is 4.47. The van der Waals surface area contributed by atoms with Crippen LogP contribution in [0.1, 0.15) is 5.56 Å². The first-order chi connectivity index (χ1) is 9.74. The molecule has 0 spiro atoms. The monoisotopic (exact) mass is 286 g/mol. The van der Waals surface area contributed by atoms with Gasteiger partial charge in [-0.1, -0.05) is 35.9 Å². The summed E-state index contributed by atoms with van der Waals surface area (Å²) in [5, 5.41) is 4.40. The molecule has 0 aliphatic carbocycles. The summed E-state index contributed by atoms with van der Waals surface area (Å²) in [4.78, 5) is 4.39. The van der Waals surface area contributed by atoms with E-state index in [9.17, 15) is 4.39 Å². The molecule has 0 amide bonds. The molecule has 100 valence electrons. The number of nitrogens with zero attached hydrogens (tertiary/aromatic N) is 1. The van der Waals surface area contributed by atoms with Gasteiger partial charge in [-0.3, -0.25) is 4.98 Å². The van der Waals surface area contributed by atoms with Crippen LogP contribution >= 0.6 is 11.6 Å². The van der Waals surface area contributed by atoms with Crippen molar-refractivity contribution in [1.82, 2.24) is 4.98 Å². The molecule has 0 radical (unpaired) electrons. The lowest BCUT2D eigenvalue weighted by atomic mass is 10.1. The number of rotatable bonds is 3. The van der Waals surface area contributed by atoms with Gasteiger partial charge in [0.2, 0.25) is 0 Å².